The minimum Gasteiger partial charge on any atom is -0.385 e. The number of Topliss-reactive ketones (excluding diaryl/α,β-unsaturated/α-hetero) is 1. The van der Waals surface area contributed by atoms with Crippen LogP contribution in [0.25, 0.3) is 0 Å². The summed E-state index contributed by atoms with van der Waals surface area (Å²) in [5, 5.41) is 9.53. The first kappa shape index (κ1) is 11.2. The Kier molecular flexibility index (Phi) is 2.78. The van der Waals surface area contributed by atoms with Crippen LogP contribution in [0, 0.1) is 5.82 Å². The first-order chi connectivity index (χ1) is 7.54. The van der Waals surface area contributed by atoms with Crippen molar-refractivity contribution in [3.63, 3.8) is 0 Å². The fourth-order valence-electron chi connectivity index (χ4n) is 2.16. The number of nitrogens with two attached hydrogens (primary N) is 1. The number of halogens is 1. The number of aliphatic hydroxyl groups excluding tert-OH is 1. The standard InChI is InChI=1S/C12H14FNO2/c13-9-5-3-8(4-6-9)12(14)7-1-2-10(15)11(12)16/h3-6,10,15H,1-2,7,14H2. The lowest BCUT2D eigenvalue weighted by Crippen LogP contribution is -2.52. The first-order valence-electron chi connectivity index (χ1n) is 5.31. The smallest absolute Gasteiger partial charge is 0.185 e. The fourth-order valence-corrected chi connectivity index (χ4v) is 2.16. The van der Waals surface area contributed by atoms with Crippen molar-refractivity contribution in [3.05, 3.63) is 35.6 Å². The van der Waals surface area contributed by atoms with Gasteiger partial charge in [-0.2, -0.15) is 0 Å². The molecule has 86 valence electrons. The highest BCUT2D eigenvalue weighted by atomic mass is 19.1. The molecule has 4 heteroatoms. The summed E-state index contributed by atoms with van der Waals surface area (Å²) in [7, 11) is 0. The number of ketones is 1. The first-order valence-corrected chi connectivity index (χ1v) is 5.31. The summed E-state index contributed by atoms with van der Waals surface area (Å²) in [6.45, 7) is 0. The quantitative estimate of drug-likeness (QED) is 0.749. The van der Waals surface area contributed by atoms with Crippen LogP contribution in [0.15, 0.2) is 24.3 Å². The molecule has 0 saturated heterocycles. The molecule has 1 aromatic carbocycles. The lowest BCUT2D eigenvalue weighted by atomic mass is 9.75. The van der Waals surface area contributed by atoms with E-state index in [0.29, 0.717) is 24.8 Å². The van der Waals surface area contributed by atoms with Crippen molar-refractivity contribution in [1.82, 2.24) is 0 Å². The van der Waals surface area contributed by atoms with E-state index in [0.717, 1.165) is 0 Å². The van der Waals surface area contributed by atoms with E-state index in [-0.39, 0.29) is 11.6 Å². The number of carbonyl (C=O) groups is 1. The molecule has 0 heterocycles. The lowest BCUT2D eigenvalue weighted by molar-refractivity contribution is -0.136. The van der Waals surface area contributed by atoms with Crippen LogP contribution in [-0.4, -0.2) is 17.0 Å². The highest BCUT2D eigenvalue weighted by Gasteiger charge is 2.42. The summed E-state index contributed by atoms with van der Waals surface area (Å²) in [4.78, 5) is 11.9. The van der Waals surface area contributed by atoms with Gasteiger partial charge < -0.3 is 10.8 Å². The molecule has 2 rings (SSSR count). The molecule has 1 saturated carbocycles. The molecule has 0 spiro atoms. The maximum Gasteiger partial charge on any atom is 0.185 e. The van der Waals surface area contributed by atoms with Crippen molar-refractivity contribution in [3.8, 4) is 0 Å². The summed E-state index contributed by atoms with van der Waals surface area (Å²) >= 11 is 0. The second kappa shape index (κ2) is 3.96. The van der Waals surface area contributed by atoms with Crippen LogP contribution in [0.3, 0.4) is 0 Å². The van der Waals surface area contributed by atoms with Gasteiger partial charge in [-0.1, -0.05) is 12.1 Å². The number of hydrogen-bond donors (Lipinski definition) is 2. The van der Waals surface area contributed by atoms with Crippen LogP contribution in [-0.2, 0) is 10.3 Å². The van der Waals surface area contributed by atoms with Gasteiger partial charge >= 0.3 is 0 Å². The molecule has 2 atom stereocenters. The lowest BCUT2D eigenvalue weighted by Gasteiger charge is -2.34. The summed E-state index contributed by atoms with van der Waals surface area (Å²) in [6, 6.07) is 5.56. The molecule has 0 amide bonds. The average Bonchev–Trinajstić information content (AvgIpc) is 2.27. The van der Waals surface area contributed by atoms with Crippen LogP contribution in [0.5, 0.6) is 0 Å². The number of rotatable bonds is 1. The Balaban J connectivity index is 2.37. The molecular formula is C12H14FNO2. The van der Waals surface area contributed by atoms with E-state index >= 15 is 0 Å². The van der Waals surface area contributed by atoms with Crippen molar-refractivity contribution < 1.29 is 14.3 Å². The second-order valence-corrected chi connectivity index (χ2v) is 4.25. The second-order valence-electron chi connectivity index (χ2n) is 4.25. The molecule has 16 heavy (non-hydrogen) atoms. The molecule has 3 nitrogen and oxygen atoms in total. The summed E-state index contributed by atoms with van der Waals surface area (Å²) < 4.78 is 12.8. The number of hydrogen-bond acceptors (Lipinski definition) is 3. The Bertz CT molecular complexity index is 404. The van der Waals surface area contributed by atoms with Crippen molar-refractivity contribution in [2.45, 2.75) is 30.9 Å². The highest BCUT2D eigenvalue weighted by molar-refractivity contribution is 5.93. The maximum atomic E-state index is 12.8. The van der Waals surface area contributed by atoms with E-state index in [1.165, 1.54) is 24.3 Å². The predicted octanol–water partition coefficient (Wildman–Crippen LogP) is 1.09. The van der Waals surface area contributed by atoms with Gasteiger partial charge in [0, 0.05) is 0 Å². The molecule has 2 unspecified atom stereocenters. The molecule has 1 fully saturated rings. The van der Waals surface area contributed by atoms with Gasteiger partial charge in [0.1, 0.15) is 17.5 Å². The molecule has 0 bridgehead atoms. The zero-order valence-electron chi connectivity index (χ0n) is 8.82. The van der Waals surface area contributed by atoms with Gasteiger partial charge in [-0.3, -0.25) is 4.79 Å². The van der Waals surface area contributed by atoms with Crippen molar-refractivity contribution in [2.75, 3.05) is 0 Å². The van der Waals surface area contributed by atoms with Crippen molar-refractivity contribution >= 4 is 5.78 Å². The van der Waals surface area contributed by atoms with Gasteiger partial charge in [0.2, 0.25) is 0 Å². The van der Waals surface area contributed by atoms with Gasteiger partial charge in [0.25, 0.3) is 0 Å². The molecule has 3 N–H and O–H groups in total. The third-order valence-electron chi connectivity index (χ3n) is 3.15. The van der Waals surface area contributed by atoms with Crippen molar-refractivity contribution in [1.29, 1.82) is 0 Å². The van der Waals surface area contributed by atoms with E-state index in [2.05, 4.69) is 0 Å². The minimum absolute atomic E-state index is 0.365. The summed E-state index contributed by atoms with van der Waals surface area (Å²) in [6.07, 6.45) is 0.651. The van der Waals surface area contributed by atoms with Gasteiger partial charge in [-0.15, -0.1) is 0 Å². The number of carbonyl (C=O) groups excluding carboxylic acids is 1. The van der Waals surface area contributed by atoms with Gasteiger partial charge in [0.05, 0.1) is 0 Å². The Morgan fingerprint density at radius 2 is 2.00 bits per heavy atom. The van der Waals surface area contributed by atoms with Gasteiger partial charge in [-0.05, 0) is 37.0 Å². The third kappa shape index (κ3) is 1.74. The zero-order valence-corrected chi connectivity index (χ0v) is 8.82. The van der Waals surface area contributed by atoms with E-state index in [4.69, 9.17) is 5.73 Å². The van der Waals surface area contributed by atoms with Crippen LogP contribution in [0.2, 0.25) is 0 Å². The summed E-state index contributed by atoms with van der Waals surface area (Å²) in [5.41, 5.74) is 5.44. The van der Waals surface area contributed by atoms with Crippen LogP contribution in [0.1, 0.15) is 24.8 Å². The highest BCUT2D eigenvalue weighted by Crippen LogP contribution is 2.32. The Hall–Kier alpha value is -1.26. The van der Waals surface area contributed by atoms with Gasteiger partial charge in [-0.25, -0.2) is 4.39 Å². The maximum absolute atomic E-state index is 12.8. The van der Waals surface area contributed by atoms with Crippen LogP contribution >= 0.6 is 0 Å². The predicted molar refractivity (Wildman–Crippen MR) is 57.1 cm³/mol. The van der Waals surface area contributed by atoms with E-state index in [1.807, 2.05) is 0 Å². The molecule has 1 aliphatic carbocycles. The zero-order chi connectivity index (χ0) is 11.8. The molecule has 1 aliphatic rings. The molecular weight excluding hydrogens is 209 g/mol. The van der Waals surface area contributed by atoms with Crippen LogP contribution < -0.4 is 5.73 Å². The van der Waals surface area contributed by atoms with Gasteiger partial charge in [0.15, 0.2) is 5.78 Å². The largest absolute Gasteiger partial charge is 0.385 e. The van der Waals surface area contributed by atoms with Crippen LogP contribution in [0.4, 0.5) is 4.39 Å². The summed E-state index contributed by atoms with van der Waals surface area (Å²) in [5.74, 6) is -0.735. The Labute approximate surface area is 93.1 Å². The topological polar surface area (TPSA) is 63.3 Å². The molecule has 1 aromatic rings. The molecule has 0 radical (unpaired) electrons. The number of aliphatic hydroxyl groups is 1. The average molecular weight is 223 g/mol. The SMILES string of the molecule is NC1(c2ccc(F)cc2)CCCC(O)C1=O. The Morgan fingerprint density at radius 1 is 1.38 bits per heavy atom. The number of benzene rings is 1. The van der Waals surface area contributed by atoms with E-state index < -0.39 is 11.6 Å². The Morgan fingerprint density at radius 3 is 2.62 bits per heavy atom. The molecule has 0 aromatic heterocycles. The monoisotopic (exact) mass is 223 g/mol. The molecule has 0 aliphatic heterocycles. The van der Waals surface area contributed by atoms with E-state index in [9.17, 15) is 14.3 Å². The van der Waals surface area contributed by atoms with Crippen molar-refractivity contribution in [2.24, 2.45) is 5.73 Å². The third-order valence-corrected chi connectivity index (χ3v) is 3.15. The minimum atomic E-state index is -1.16. The van der Waals surface area contributed by atoms with E-state index in [1.54, 1.807) is 0 Å². The normalized spacial score (nSPS) is 30.4. The fraction of sp³-hybridized carbons (Fsp3) is 0.417.